The molecule has 2 bridgehead atoms. The highest BCUT2D eigenvalue weighted by Gasteiger charge is 2.38. The maximum absolute atomic E-state index is 14.0. The van der Waals surface area contributed by atoms with Crippen LogP contribution in [0.5, 0.6) is 11.6 Å². The predicted molar refractivity (Wildman–Crippen MR) is 85.4 cm³/mol. The minimum atomic E-state index is -0.754. The Labute approximate surface area is 145 Å². The molecule has 7 nitrogen and oxygen atoms in total. The average molecular weight is 361 g/mol. The van der Waals surface area contributed by atoms with Gasteiger partial charge in [-0.05, 0) is 12.1 Å². The van der Waals surface area contributed by atoms with E-state index in [2.05, 4.69) is 20.3 Å². The van der Waals surface area contributed by atoms with Crippen LogP contribution in [0, 0.1) is 5.82 Å². The number of ether oxygens (including phenoxy) is 2. The SMILES string of the molecule is O=C1NC2COc3ccc(F)c(Cl)c3C2Oc2cnc3[nH]cc1c3n2. The Kier molecular flexibility index (Phi) is 2.93. The van der Waals surface area contributed by atoms with Crippen molar-refractivity contribution in [3.63, 3.8) is 0 Å². The summed E-state index contributed by atoms with van der Waals surface area (Å²) in [5.74, 6) is -0.311. The van der Waals surface area contributed by atoms with Crippen molar-refractivity contribution in [2.75, 3.05) is 6.61 Å². The minimum absolute atomic E-state index is 0.102. The van der Waals surface area contributed by atoms with Crippen molar-refractivity contribution in [2.24, 2.45) is 0 Å². The third-order valence-electron chi connectivity index (χ3n) is 4.33. The molecule has 25 heavy (non-hydrogen) atoms. The normalized spacial score (nSPS) is 21.3. The topological polar surface area (TPSA) is 89.1 Å². The Morgan fingerprint density at radius 2 is 2.24 bits per heavy atom. The second-order valence-corrected chi connectivity index (χ2v) is 6.19. The summed E-state index contributed by atoms with van der Waals surface area (Å²) in [7, 11) is 0. The third kappa shape index (κ3) is 2.07. The smallest absolute Gasteiger partial charge is 0.255 e. The molecule has 2 atom stereocenters. The zero-order valence-electron chi connectivity index (χ0n) is 12.5. The van der Waals surface area contributed by atoms with E-state index < -0.39 is 18.0 Å². The summed E-state index contributed by atoms with van der Waals surface area (Å²) in [6.07, 6.45) is 2.22. The van der Waals surface area contributed by atoms with Crippen LogP contribution in [0.3, 0.4) is 0 Å². The van der Waals surface area contributed by atoms with Crippen LogP contribution in [-0.4, -0.2) is 33.5 Å². The van der Waals surface area contributed by atoms with Crippen LogP contribution in [0.2, 0.25) is 5.02 Å². The van der Waals surface area contributed by atoms with Crippen LogP contribution in [0.1, 0.15) is 22.0 Å². The van der Waals surface area contributed by atoms with Gasteiger partial charge in [0.25, 0.3) is 5.91 Å². The number of hydrogen-bond donors (Lipinski definition) is 2. The van der Waals surface area contributed by atoms with E-state index in [0.717, 1.165) is 0 Å². The number of halogens is 2. The van der Waals surface area contributed by atoms with Gasteiger partial charge in [0.1, 0.15) is 29.7 Å². The van der Waals surface area contributed by atoms with Crippen molar-refractivity contribution < 1.29 is 18.7 Å². The van der Waals surface area contributed by atoms with Crippen molar-refractivity contribution in [3.05, 3.63) is 46.5 Å². The van der Waals surface area contributed by atoms with Crippen LogP contribution < -0.4 is 14.8 Å². The van der Waals surface area contributed by atoms with Gasteiger partial charge in [0.2, 0.25) is 5.88 Å². The molecule has 0 fully saturated rings. The second kappa shape index (κ2) is 5.06. The first-order valence-corrected chi connectivity index (χ1v) is 7.92. The molecule has 126 valence electrons. The molecule has 2 unspecified atom stereocenters. The highest BCUT2D eigenvalue weighted by Crippen LogP contribution is 2.41. The number of carbonyl (C=O) groups excluding carboxylic acids is 1. The Balaban J connectivity index is 1.70. The van der Waals surface area contributed by atoms with Crippen molar-refractivity contribution >= 4 is 28.7 Å². The first kappa shape index (κ1) is 14.5. The van der Waals surface area contributed by atoms with E-state index in [1.165, 1.54) is 24.5 Å². The first-order chi connectivity index (χ1) is 12.1. The molecule has 0 saturated heterocycles. The number of nitrogens with one attached hydrogen (secondary N) is 2. The number of fused-ring (bicyclic) bond motifs is 4. The molecule has 4 heterocycles. The number of aromatic nitrogens is 3. The zero-order valence-corrected chi connectivity index (χ0v) is 13.3. The van der Waals surface area contributed by atoms with E-state index in [1.807, 2.05) is 0 Å². The van der Waals surface area contributed by atoms with Gasteiger partial charge in [-0.2, -0.15) is 0 Å². The summed E-state index contributed by atoms with van der Waals surface area (Å²) in [4.78, 5) is 24.0. The number of rotatable bonds is 0. The number of hydrogen-bond acceptors (Lipinski definition) is 5. The molecule has 3 aromatic rings. The molecule has 0 aliphatic carbocycles. The summed E-state index contributed by atoms with van der Waals surface area (Å²) in [6.45, 7) is 0.155. The lowest BCUT2D eigenvalue weighted by Gasteiger charge is -2.34. The number of aromatic amines is 1. The second-order valence-electron chi connectivity index (χ2n) is 5.81. The van der Waals surface area contributed by atoms with Crippen LogP contribution in [-0.2, 0) is 0 Å². The Hall–Kier alpha value is -2.87. The number of carbonyl (C=O) groups is 1. The summed E-state index contributed by atoms with van der Waals surface area (Å²) in [6, 6.07) is 2.15. The number of H-pyrrole nitrogens is 1. The van der Waals surface area contributed by atoms with E-state index in [9.17, 15) is 9.18 Å². The van der Waals surface area contributed by atoms with E-state index in [-0.39, 0.29) is 23.4 Å². The molecule has 0 saturated carbocycles. The fourth-order valence-electron chi connectivity index (χ4n) is 3.15. The quantitative estimate of drug-likeness (QED) is 0.642. The van der Waals surface area contributed by atoms with Gasteiger partial charge < -0.3 is 19.8 Å². The van der Waals surface area contributed by atoms with Crippen LogP contribution >= 0.6 is 11.6 Å². The molecule has 2 aromatic heterocycles. The van der Waals surface area contributed by atoms with E-state index in [0.29, 0.717) is 28.0 Å². The molecule has 2 aliphatic rings. The third-order valence-corrected chi connectivity index (χ3v) is 4.71. The van der Waals surface area contributed by atoms with Gasteiger partial charge in [0, 0.05) is 6.20 Å². The molecule has 9 heteroatoms. The highest BCUT2D eigenvalue weighted by atomic mass is 35.5. The largest absolute Gasteiger partial charge is 0.491 e. The number of amides is 1. The van der Waals surface area contributed by atoms with Crippen molar-refractivity contribution in [1.29, 1.82) is 0 Å². The van der Waals surface area contributed by atoms with Crippen LogP contribution in [0.25, 0.3) is 11.2 Å². The molecular weight excluding hydrogens is 351 g/mol. The summed E-state index contributed by atoms with van der Waals surface area (Å²) >= 11 is 6.15. The zero-order chi connectivity index (χ0) is 17.1. The molecule has 5 rings (SSSR count). The number of nitrogens with zero attached hydrogens (tertiary/aromatic N) is 2. The molecule has 2 N–H and O–H groups in total. The average Bonchev–Trinajstić information content (AvgIpc) is 3.03. The van der Waals surface area contributed by atoms with E-state index >= 15 is 0 Å². The van der Waals surface area contributed by atoms with Crippen LogP contribution in [0.15, 0.2) is 24.5 Å². The van der Waals surface area contributed by atoms with Crippen LogP contribution in [0.4, 0.5) is 4.39 Å². The summed E-state index contributed by atoms with van der Waals surface area (Å²) < 4.78 is 25.6. The van der Waals surface area contributed by atoms with Crippen molar-refractivity contribution in [1.82, 2.24) is 20.3 Å². The van der Waals surface area contributed by atoms with Crippen molar-refractivity contribution in [2.45, 2.75) is 12.1 Å². The molecular formula is C16H10ClFN4O3. The molecule has 1 amide bonds. The fraction of sp³-hybridized carbons (Fsp3) is 0.188. The molecule has 2 aliphatic heterocycles. The maximum atomic E-state index is 14.0. The van der Waals surface area contributed by atoms with Crippen molar-refractivity contribution in [3.8, 4) is 11.6 Å². The maximum Gasteiger partial charge on any atom is 0.255 e. The molecule has 1 aromatic carbocycles. The summed E-state index contributed by atoms with van der Waals surface area (Å²) in [5, 5.41) is 2.75. The van der Waals surface area contributed by atoms with Gasteiger partial charge in [0.05, 0.1) is 22.3 Å². The lowest BCUT2D eigenvalue weighted by atomic mass is 9.98. The molecule has 0 radical (unpaired) electrons. The molecule has 0 spiro atoms. The minimum Gasteiger partial charge on any atom is -0.491 e. The fourth-order valence-corrected chi connectivity index (χ4v) is 3.41. The standard InChI is InChI=1S/C16H10ClFN4O3/c17-12-7(18)1-2-9-11(12)14-8(5-24-9)21-16(23)6-3-19-15-13(6)22-10(25-14)4-20-15/h1-4,8,14H,5H2,(H,19,20)(H,21,23). The Morgan fingerprint density at radius 1 is 1.36 bits per heavy atom. The monoisotopic (exact) mass is 360 g/mol. The lowest BCUT2D eigenvalue weighted by molar-refractivity contribution is 0.0708. The Morgan fingerprint density at radius 3 is 3.12 bits per heavy atom. The van der Waals surface area contributed by atoms with Gasteiger partial charge in [0.15, 0.2) is 11.8 Å². The highest BCUT2D eigenvalue weighted by molar-refractivity contribution is 6.31. The van der Waals surface area contributed by atoms with Gasteiger partial charge in [-0.3, -0.25) is 4.79 Å². The lowest BCUT2D eigenvalue weighted by Crippen LogP contribution is -2.47. The first-order valence-electron chi connectivity index (χ1n) is 7.54. The van der Waals surface area contributed by atoms with Gasteiger partial charge in [-0.1, -0.05) is 11.6 Å². The number of benzene rings is 1. The Bertz CT molecular complexity index is 1040. The van der Waals surface area contributed by atoms with Gasteiger partial charge in [-0.25, -0.2) is 14.4 Å². The summed E-state index contributed by atoms with van der Waals surface area (Å²) in [5.41, 5.74) is 1.57. The van der Waals surface area contributed by atoms with Gasteiger partial charge >= 0.3 is 0 Å². The predicted octanol–water partition coefficient (Wildman–Crippen LogP) is 2.37. The van der Waals surface area contributed by atoms with E-state index in [1.54, 1.807) is 0 Å². The van der Waals surface area contributed by atoms with Gasteiger partial charge in [-0.15, -0.1) is 0 Å². The van der Waals surface area contributed by atoms with E-state index in [4.69, 9.17) is 21.1 Å².